The molecule has 3 aromatic rings. The number of ether oxygens (including phenoxy) is 1. The predicted octanol–water partition coefficient (Wildman–Crippen LogP) is 4.59. The van der Waals surface area contributed by atoms with Crippen molar-refractivity contribution in [2.75, 3.05) is 5.32 Å². The maximum Gasteiger partial charge on any atom is 0.271 e. The first kappa shape index (κ1) is 19.6. The molecule has 0 aliphatic rings. The van der Waals surface area contributed by atoms with Crippen LogP contribution in [0.5, 0.6) is 5.75 Å². The lowest BCUT2D eigenvalue weighted by molar-refractivity contribution is 0.0937. The first-order chi connectivity index (χ1) is 13.5. The third kappa shape index (κ3) is 5.69. The van der Waals surface area contributed by atoms with Crippen molar-refractivity contribution in [3.63, 3.8) is 0 Å². The summed E-state index contributed by atoms with van der Waals surface area (Å²) in [4.78, 5) is 20.3. The second kappa shape index (κ2) is 9.19. The summed E-state index contributed by atoms with van der Waals surface area (Å²) in [6.45, 7) is 4.25. The minimum absolute atomic E-state index is 0.0486. The van der Waals surface area contributed by atoms with Crippen LogP contribution < -0.4 is 15.4 Å². The Kier molecular flexibility index (Phi) is 6.45. The second-order valence-corrected chi connectivity index (χ2v) is 6.92. The highest BCUT2D eigenvalue weighted by Gasteiger charge is 2.09. The minimum atomic E-state index is -0.240. The maximum atomic E-state index is 11.9. The number of carbonyl (C=O) groups is 1. The summed E-state index contributed by atoms with van der Waals surface area (Å²) in [6, 6.07) is 15.1. The number of anilines is 2. The van der Waals surface area contributed by atoms with Crippen LogP contribution in [0.15, 0.2) is 60.9 Å². The van der Waals surface area contributed by atoms with Crippen molar-refractivity contribution in [1.82, 2.24) is 15.3 Å². The van der Waals surface area contributed by atoms with Gasteiger partial charge in [0.1, 0.15) is 23.9 Å². The summed E-state index contributed by atoms with van der Waals surface area (Å²) < 4.78 is 5.77. The molecule has 7 heteroatoms. The van der Waals surface area contributed by atoms with Crippen molar-refractivity contribution in [3.8, 4) is 5.75 Å². The lowest BCUT2D eigenvalue weighted by atomic mass is 10.2. The molecule has 2 aromatic carbocycles. The molecule has 0 unspecified atom stereocenters. The van der Waals surface area contributed by atoms with Gasteiger partial charge in [-0.3, -0.25) is 4.79 Å². The highest BCUT2D eigenvalue weighted by Crippen LogP contribution is 2.20. The number of carbonyl (C=O) groups excluding carboxylic acids is 1. The van der Waals surface area contributed by atoms with Crippen LogP contribution in [0.3, 0.4) is 0 Å². The van der Waals surface area contributed by atoms with E-state index in [9.17, 15) is 4.79 Å². The van der Waals surface area contributed by atoms with E-state index in [1.54, 1.807) is 0 Å². The summed E-state index contributed by atoms with van der Waals surface area (Å²) in [7, 11) is 0. The van der Waals surface area contributed by atoms with Crippen molar-refractivity contribution in [2.45, 2.75) is 26.5 Å². The molecule has 1 amide bonds. The molecule has 3 rings (SSSR count). The first-order valence-corrected chi connectivity index (χ1v) is 9.24. The van der Waals surface area contributed by atoms with Crippen LogP contribution in [0.4, 0.5) is 11.5 Å². The molecule has 6 nitrogen and oxygen atoms in total. The van der Waals surface area contributed by atoms with Crippen LogP contribution in [0.1, 0.15) is 29.9 Å². The SMILES string of the molecule is CC(C)NC(=O)c1cnc(Nc2ccc(OCc3ccc(Cl)cc3)cc2)cn1. The molecule has 0 saturated heterocycles. The summed E-state index contributed by atoms with van der Waals surface area (Å²) in [5.41, 5.74) is 2.17. The molecule has 0 spiro atoms. The fourth-order valence-corrected chi connectivity index (χ4v) is 2.50. The zero-order valence-electron chi connectivity index (χ0n) is 15.6. The number of halogens is 1. The molecular weight excluding hydrogens is 376 g/mol. The number of hydrogen-bond donors (Lipinski definition) is 2. The van der Waals surface area contributed by atoms with Gasteiger partial charge in [0.25, 0.3) is 5.91 Å². The molecule has 2 N–H and O–H groups in total. The van der Waals surface area contributed by atoms with E-state index in [4.69, 9.17) is 16.3 Å². The highest BCUT2D eigenvalue weighted by atomic mass is 35.5. The van der Waals surface area contributed by atoms with E-state index in [0.717, 1.165) is 17.0 Å². The number of benzene rings is 2. The third-order valence-corrected chi connectivity index (χ3v) is 4.00. The van der Waals surface area contributed by atoms with Gasteiger partial charge in [-0.05, 0) is 55.8 Å². The molecule has 0 atom stereocenters. The molecule has 0 fully saturated rings. The second-order valence-electron chi connectivity index (χ2n) is 6.48. The van der Waals surface area contributed by atoms with E-state index < -0.39 is 0 Å². The van der Waals surface area contributed by atoms with E-state index in [1.165, 1.54) is 12.4 Å². The van der Waals surface area contributed by atoms with Gasteiger partial charge in [0, 0.05) is 16.8 Å². The lowest BCUT2D eigenvalue weighted by Crippen LogP contribution is -2.30. The van der Waals surface area contributed by atoms with Gasteiger partial charge in [-0.25, -0.2) is 9.97 Å². The van der Waals surface area contributed by atoms with Crippen molar-refractivity contribution in [3.05, 3.63) is 77.2 Å². The van der Waals surface area contributed by atoms with Crippen LogP contribution in [0.2, 0.25) is 5.02 Å². The highest BCUT2D eigenvalue weighted by molar-refractivity contribution is 6.30. The zero-order valence-corrected chi connectivity index (χ0v) is 16.4. The number of aromatic nitrogens is 2. The average Bonchev–Trinajstić information content (AvgIpc) is 2.69. The van der Waals surface area contributed by atoms with Gasteiger partial charge in [0.15, 0.2) is 0 Å². The standard InChI is InChI=1S/C21H21ClN4O2/c1-14(2)25-21(27)19-11-24-20(12-23-19)26-17-7-9-18(10-8-17)28-13-15-3-5-16(22)6-4-15/h3-12,14H,13H2,1-2H3,(H,24,26)(H,25,27). The van der Waals surface area contributed by atoms with Gasteiger partial charge in [0.05, 0.1) is 12.4 Å². The fraction of sp³-hybridized carbons (Fsp3) is 0.190. The molecule has 1 heterocycles. The minimum Gasteiger partial charge on any atom is -0.489 e. The summed E-state index contributed by atoms with van der Waals surface area (Å²) >= 11 is 5.88. The topological polar surface area (TPSA) is 76.1 Å². The van der Waals surface area contributed by atoms with Gasteiger partial charge in [-0.1, -0.05) is 23.7 Å². The van der Waals surface area contributed by atoms with Gasteiger partial charge in [0.2, 0.25) is 0 Å². The number of nitrogens with zero attached hydrogens (tertiary/aromatic N) is 2. The van der Waals surface area contributed by atoms with Crippen LogP contribution in [0.25, 0.3) is 0 Å². The Morgan fingerprint density at radius 2 is 1.75 bits per heavy atom. The monoisotopic (exact) mass is 396 g/mol. The van der Waals surface area contributed by atoms with Crippen LogP contribution in [-0.2, 0) is 6.61 Å². The summed E-state index contributed by atoms with van der Waals surface area (Å²) in [5, 5.41) is 6.63. The third-order valence-electron chi connectivity index (χ3n) is 3.75. The molecule has 1 aromatic heterocycles. The Labute approximate surface area is 168 Å². The molecule has 0 aliphatic heterocycles. The van der Waals surface area contributed by atoms with E-state index >= 15 is 0 Å². The van der Waals surface area contributed by atoms with Crippen molar-refractivity contribution < 1.29 is 9.53 Å². The Balaban J connectivity index is 1.55. The quantitative estimate of drug-likeness (QED) is 0.610. The Bertz CT molecular complexity index is 911. The fourth-order valence-electron chi connectivity index (χ4n) is 2.38. The number of amides is 1. The molecule has 0 aliphatic carbocycles. The lowest BCUT2D eigenvalue weighted by Gasteiger charge is -2.10. The molecule has 28 heavy (non-hydrogen) atoms. The van der Waals surface area contributed by atoms with Crippen LogP contribution >= 0.6 is 11.6 Å². The molecular formula is C21H21ClN4O2. The van der Waals surface area contributed by atoms with E-state index in [-0.39, 0.29) is 17.6 Å². The van der Waals surface area contributed by atoms with Crippen LogP contribution in [-0.4, -0.2) is 21.9 Å². The number of nitrogens with one attached hydrogen (secondary N) is 2. The molecule has 144 valence electrons. The molecule has 0 bridgehead atoms. The maximum absolute atomic E-state index is 11.9. The molecule has 0 saturated carbocycles. The first-order valence-electron chi connectivity index (χ1n) is 8.87. The Morgan fingerprint density at radius 3 is 2.36 bits per heavy atom. The zero-order chi connectivity index (χ0) is 19.9. The van der Waals surface area contributed by atoms with Gasteiger partial charge < -0.3 is 15.4 Å². The predicted molar refractivity (Wildman–Crippen MR) is 110 cm³/mol. The van der Waals surface area contributed by atoms with Gasteiger partial charge >= 0.3 is 0 Å². The Hall–Kier alpha value is -3.12. The number of rotatable bonds is 7. The normalized spacial score (nSPS) is 10.6. The summed E-state index contributed by atoms with van der Waals surface area (Å²) in [5.74, 6) is 1.07. The molecule has 0 radical (unpaired) electrons. The summed E-state index contributed by atoms with van der Waals surface area (Å²) in [6.07, 6.45) is 2.98. The Morgan fingerprint density at radius 1 is 1.04 bits per heavy atom. The van der Waals surface area contributed by atoms with Gasteiger partial charge in [-0.2, -0.15) is 0 Å². The van der Waals surface area contributed by atoms with E-state index in [0.29, 0.717) is 17.4 Å². The van der Waals surface area contributed by atoms with Crippen molar-refractivity contribution in [1.29, 1.82) is 0 Å². The van der Waals surface area contributed by atoms with Crippen molar-refractivity contribution in [2.24, 2.45) is 0 Å². The largest absolute Gasteiger partial charge is 0.489 e. The van der Waals surface area contributed by atoms with E-state index in [1.807, 2.05) is 62.4 Å². The van der Waals surface area contributed by atoms with E-state index in [2.05, 4.69) is 20.6 Å². The number of hydrogen-bond acceptors (Lipinski definition) is 5. The van der Waals surface area contributed by atoms with Gasteiger partial charge in [-0.15, -0.1) is 0 Å². The van der Waals surface area contributed by atoms with Crippen molar-refractivity contribution >= 4 is 29.0 Å². The smallest absolute Gasteiger partial charge is 0.271 e. The average molecular weight is 397 g/mol. The van der Waals surface area contributed by atoms with Crippen LogP contribution in [0, 0.1) is 0 Å².